The van der Waals surface area contributed by atoms with Crippen LogP contribution in [0.3, 0.4) is 0 Å². The second kappa shape index (κ2) is 32.6. The van der Waals surface area contributed by atoms with E-state index in [-0.39, 0.29) is 0 Å². The summed E-state index contributed by atoms with van der Waals surface area (Å²) in [4.78, 5) is 20.3. The van der Waals surface area contributed by atoms with Crippen LogP contribution in [0.25, 0.3) is 233 Å². The number of hydrogen-bond acceptors (Lipinski definition) is 4. The molecule has 0 N–H and O–H groups in total. The van der Waals surface area contributed by atoms with Gasteiger partial charge in [-0.25, -0.2) is 19.9 Å². The molecular weight excluding hydrogens is 1580 g/mol. The summed E-state index contributed by atoms with van der Waals surface area (Å²) in [7, 11) is 0. The van der Waals surface area contributed by atoms with E-state index >= 15 is 0 Å². The fourth-order valence-corrected chi connectivity index (χ4v) is 19.2. The second-order valence-electron chi connectivity index (χ2n) is 33.2. The van der Waals surface area contributed by atoms with Crippen LogP contribution >= 0.6 is 0 Å². The predicted molar refractivity (Wildman–Crippen MR) is 541 cm³/mol. The minimum atomic E-state index is 0.696. The van der Waals surface area contributed by atoms with Crippen LogP contribution in [0.2, 0.25) is 0 Å². The summed E-state index contributed by atoms with van der Waals surface area (Å²) in [6, 6.07) is 173. The Balaban J connectivity index is 0.000000145. The van der Waals surface area contributed by atoms with E-state index in [1.807, 2.05) is 48.5 Å². The highest BCUT2D eigenvalue weighted by Crippen LogP contribution is 2.44. The van der Waals surface area contributed by atoms with Crippen LogP contribution in [-0.4, -0.2) is 38.2 Å². The average molecular weight is 1660 g/mol. The number of nitrogens with zero attached hydrogens (tertiary/aromatic N) is 8. The summed E-state index contributed by atoms with van der Waals surface area (Å²) in [6.07, 6.45) is 0. The lowest BCUT2D eigenvalue weighted by molar-refractivity contribution is 1.16. The van der Waals surface area contributed by atoms with E-state index in [1.54, 1.807) is 0 Å². The van der Waals surface area contributed by atoms with E-state index in [9.17, 15) is 0 Å². The molecule has 0 radical (unpaired) electrons. The molecule has 25 aromatic rings. The second-order valence-corrected chi connectivity index (χ2v) is 33.2. The summed E-state index contributed by atoms with van der Waals surface area (Å²) in [6.45, 7) is 0. The number of hydrogen-bond donors (Lipinski definition) is 0. The van der Waals surface area contributed by atoms with E-state index in [0.29, 0.717) is 11.6 Å². The molecule has 0 atom stereocenters. The third kappa shape index (κ3) is 13.9. The van der Waals surface area contributed by atoms with Crippen molar-refractivity contribution in [3.05, 3.63) is 485 Å². The fraction of sp³-hybridized carbons (Fsp3) is 0. The van der Waals surface area contributed by atoms with Gasteiger partial charge < -0.3 is 18.3 Å². The van der Waals surface area contributed by atoms with Gasteiger partial charge in [0.05, 0.1) is 66.9 Å². The van der Waals surface area contributed by atoms with Gasteiger partial charge in [0.15, 0.2) is 11.6 Å². The van der Waals surface area contributed by atoms with Gasteiger partial charge in [0.25, 0.3) is 0 Å². The zero-order valence-corrected chi connectivity index (χ0v) is 70.8. The normalized spacial score (nSPS) is 11.5. The summed E-state index contributed by atoms with van der Waals surface area (Å²) < 4.78 is 9.58. The van der Waals surface area contributed by atoms with Crippen molar-refractivity contribution in [1.82, 2.24) is 38.2 Å². The molecule has 0 aliphatic carbocycles. The quantitative estimate of drug-likeness (QED) is 0.103. The summed E-state index contributed by atoms with van der Waals surface area (Å²) >= 11 is 0. The van der Waals surface area contributed by atoms with E-state index in [2.05, 4.69) is 455 Å². The van der Waals surface area contributed by atoms with Crippen molar-refractivity contribution in [2.24, 2.45) is 0 Å². The number of fused-ring (bicyclic) bond motifs is 12. The van der Waals surface area contributed by atoms with Crippen molar-refractivity contribution in [3.8, 4) is 146 Å². The Morgan fingerprint density at radius 3 is 0.646 bits per heavy atom. The van der Waals surface area contributed by atoms with Gasteiger partial charge >= 0.3 is 0 Å². The molecule has 8 heteroatoms. The van der Waals surface area contributed by atoms with E-state index in [4.69, 9.17) is 19.9 Å². The Bertz CT molecular complexity index is 8430. The zero-order chi connectivity index (χ0) is 86.0. The lowest BCUT2D eigenvalue weighted by atomic mass is 9.98. The van der Waals surface area contributed by atoms with Crippen LogP contribution in [0, 0.1) is 0 Å². The maximum absolute atomic E-state index is 5.09. The lowest BCUT2D eigenvalue weighted by Gasteiger charge is -2.14. The van der Waals surface area contributed by atoms with Gasteiger partial charge in [0.2, 0.25) is 0 Å². The Labute approximate surface area is 751 Å². The molecule has 0 saturated heterocycles. The molecule has 608 valence electrons. The topological polar surface area (TPSA) is 71.3 Å². The van der Waals surface area contributed by atoms with Gasteiger partial charge in [-0.1, -0.05) is 322 Å². The number of aromatic nitrogens is 8. The third-order valence-electron chi connectivity index (χ3n) is 25.5. The molecule has 25 rings (SSSR count). The monoisotopic (exact) mass is 1660 g/mol. The smallest absolute Gasteiger partial charge is 0.160 e. The third-order valence-corrected chi connectivity index (χ3v) is 25.5. The van der Waals surface area contributed by atoms with Crippen LogP contribution in [0.15, 0.2) is 485 Å². The Morgan fingerprint density at radius 1 is 0.115 bits per heavy atom. The summed E-state index contributed by atoms with van der Waals surface area (Å²) in [5.41, 5.74) is 35.5. The molecule has 0 spiro atoms. The van der Waals surface area contributed by atoms with Crippen LogP contribution < -0.4 is 0 Å². The lowest BCUT2D eigenvalue weighted by Crippen LogP contribution is -1.97. The minimum absolute atomic E-state index is 0.696. The molecule has 8 nitrogen and oxygen atoms in total. The van der Waals surface area contributed by atoms with Gasteiger partial charge in [0.1, 0.15) is 0 Å². The highest BCUT2D eigenvalue weighted by molar-refractivity contribution is 6.15. The van der Waals surface area contributed by atoms with Crippen LogP contribution in [0.4, 0.5) is 0 Å². The molecule has 0 aliphatic heterocycles. The first kappa shape index (κ1) is 76.2. The molecular formula is C122H80N8. The van der Waals surface area contributed by atoms with Crippen molar-refractivity contribution in [3.63, 3.8) is 0 Å². The summed E-state index contributed by atoms with van der Waals surface area (Å²) in [5.74, 6) is 1.39. The van der Waals surface area contributed by atoms with Crippen LogP contribution in [-0.2, 0) is 0 Å². The largest absolute Gasteiger partial charge is 0.309 e. The maximum Gasteiger partial charge on any atom is 0.160 e. The number of benzene rings is 19. The van der Waals surface area contributed by atoms with Gasteiger partial charge in [-0.2, -0.15) is 0 Å². The minimum Gasteiger partial charge on any atom is -0.309 e. The van der Waals surface area contributed by atoms with Crippen LogP contribution in [0.5, 0.6) is 0 Å². The highest BCUT2D eigenvalue weighted by Gasteiger charge is 2.23. The molecule has 6 aromatic heterocycles. The van der Waals surface area contributed by atoms with E-state index in [1.165, 1.54) is 121 Å². The van der Waals surface area contributed by atoms with E-state index < -0.39 is 0 Å². The van der Waals surface area contributed by atoms with Crippen LogP contribution in [0.1, 0.15) is 0 Å². The average Bonchev–Trinajstić information content (AvgIpc) is 1.58. The van der Waals surface area contributed by atoms with Gasteiger partial charge in [0, 0.05) is 99.2 Å². The van der Waals surface area contributed by atoms with Crippen molar-refractivity contribution in [1.29, 1.82) is 0 Å². The molecule has 0 unspecified atom stereocenters. The number of para-hydroxylation sites is 4. The van der Waals surface area contributed by atoms with Crippen molar-refractivity contribution in [2.45, 2.75) is 0 Å². The zero-order valence-electron chi connectivity index (χ0n) is 70.8. The standard InChI is InChI=1S/C64H42N4.C58H38N4/c1-5-17-43(18-6-1)50-37-51(44-19-7-2-8-20-44)39-53(38-50)68-61-28-16-14-26-55(61)57-41-49(32-36-63(57)68)48-31-35-62-56(40-48)54-25-13-15-27-60(54)67(62)52-33-29-47(30-34-52)64-65-58(45-21-9-3-10-22-45)42-59(66-64)46-23-11-4-12-24-46;1-4-15-39(16-5-1)43-21-14-22-47(35-43)62-55-26-13-11-24-49(55)51-37-45(30-34-57(51)62)44-29-33-56-50(36-44)48-23-10-12-25-54(48)61(56)46-31-27-42(28-32-46)58-59-52(40-17-6-2-7-18-40)38-53(60-58)41-19-8-3-9-20-41/h1-42H;1-38H. The molecule has 0 saturated carbocycles. The van der Waals surface area contributed by atoms with Gasteiger partial charge in [-0.05, 0) is 219 Å². The first-order valence-corrected chi connectivity index (χ1v) is 44.2. The molecule has 6 heterocycles. The van der Waals surface area contributed by atoms with Gasteiger partial charge in [-0.15, -0.1) is 0 Å². The fourth-order valence-electron chi connectivity index (χ4n) is 19.2. The first-order chi connectivity index (χ1) is 64.4. The van der Waals surface area contributed by atoms with Crippen molar-refractivity contribution in [2.75, 3.05) is 0 Å². The maximum atomic E-state index is 5.09. The molecule has 130 heavy (non-hydrogen) atoms. The molecule has 0 bridgehead atoms. The Kier molecular flexibility index (Phi) is 19.1. The first-order valence-electron chi connectivity index (χ1n) is 44.2. The van der Waals surface area contributed by atoms with Crippen molar-refractivity contribution >= 4 is 87.2 Å². The predicted octanol–water partition coefficient (Wildman–Crippen LogP) is 31.7. The SMILES string of the molecule is c1ccc(-c2cc(-c3ccccc3)cc(-n3c4ccccc4c4cc(-c5ccc6c(c5)c5ccccc5n6-c5ccc(-c6nc(-c7ccccc7)cc(-c7ccccc7)n6)cc5)ccc43)c2)cc1.c1ccc(-c2cccc(-n3c4ccccc4c4cc(-c5ccc6c(c5)c5ccccc5n6-c5ccc(-c6nc(-c7ccccc7)cc(-c7ccccc7)n6)cc5)ccc43)c2)cc1. The Morgan fingerprint density at radius 2 is 0.338 bits per heavy atom. The van der Waals surface area contributed by atoms with E-state index in [0.717, 1.165) is 101 Å². The Hall–Kier alpha value is -17.5. The van der Waals surface area contributed by atoms with Crippen molar-refractivity contribution < 1.29 is 0 Å². The number of rotatable bonds is 15. The highest BCUT2D eigenvalue weighted by atomic mass is 15.0. The van der Waals surface area contributed by atoms with Gasteiger partial charge in [-0.3, -0.25) is 0 Å². The molecule has 0 amide bonds. The summed E-state index contributed by atoms with van der Waals surface area (Å²) in [5, 5.41) is 9.78. The molecule has 19 aromatic carbocycles. The molecule has 0 aliphatic rings. The molecule has 0 fully saturated rings.